The third-order valence-electron chi connectivity index (χ3n) is 3.46. The van der Waals surface area contributed by atoms with Crippen molar-refractivity contribution in [2.45, 2.75) is 19.4 Å². The Morgan fingerprint density at radius 3 is 2.86 bits per heavy atom. The Morgan fingerprint density at radius 1 is 1.29 bits per heavy atom. The molecular formula is C14H15N5O2. The second-order valence-corrected chi connectivity index (χ2v) is 5.05. The van der Waals surface area contributed by atoms with Crippen LogP contribution in [0, 0.1) is 0 Å². The van der Waals surface area contributed by atoms with Gasteiger partial charge in [-0.25, -0.2) is 0 Å². The Balaban J connectivity index is 1.93. The summed E-state index contributed by atoms with van der Waals surface area (Å²) in [4.78, 5) is 15.1. The first-order valence-corrected chi connectivity index (χ1v) is 6.58. The Labute approximate surface area is 120 Å². The number of aryl methyl sites for hydroxylation is 1. The van der Waals surface area contributed by atoms with Crippen LogP contribution >= 0.6 is 0 Å². The third-order valence-corrected chi connectivity index (χ3v) is 3.46. The molecule has 0 aliphatic heterocycles. The quantitative estimate of drug-likeness (QED) is 0.790. The summed E-state index contributed by atoms with van der Waals surface area (Å²) in [6.45, 7) is 1.83. The maximum absolute atomic E-state index is 10.8. The van der Waals surface area contributed by atoms with E-state index in [9.17, 15) is 4.79 Å². The largest absolute Gasteiger partial charge is 0.481 e. The van der Waals surface area contributed by atoms with Crippen molar-refractivity contribution in [2.75, 3.05) is 0 Å². The molecule has 7 heteroatoms. The van der Waals surface area contributed by atoms with Gasteiger partial charge in [0.05, 0.1) is 30.4 Å². The van der Waals surface area contributed by atoms with Gasteiger partial charge in [-0.15, -0.1) is 0 Å². The van der Waals surface area contributed by atoms with Crippen molar-refractivity contribution in [2.24, 2.45) is 7.05 Å². The molecule has 3 rings (SSSR count). The molecule has 1 unspecified atom stereocenters. The zero-order valence-electron chi connectivity index (χ0n) is 11.8. The minimum Gasteiger partial charge on any atom is -0.481 e. The van der Waals surface area contributed by atoms with E-state index in [4.69, 9.17) is 5.11 Å². The molecular weight excluding hydrogens is 270 g/mol. The lowest BCUT2D eigenvalue weighted by Crippen LogP contribution is -2.10. The van der Waals surface area contributed by atoms with Crippen LogP contribution in [-0.4, -0.2) is 35.6 Å². The fraction of sp³-hybridized carbons (Fsp3) is 0.286. The van der Waals surface area contributed by atoms with E-state index in [0.29, 0.717) is 0 Å². The molecule has 0 radical (unpaired) electrons. The van der Waals surface area contributed by atoms with E-state index in [1.54, 1.807) is 28.0 Å². The number of aromatic nitrogens is 5. The number of carboxylic acid groups (broad SMARTS) is 1. The van der Waals surface area contributed by atoms with Crippen LogP contribution in [0.1, 0.15) is 19.4 Å². The summed E-state index contributed by atoms with van der Waals surface area (Å²) >= 11 is 0. The maximum atomic E-state index is 10.8. The van der Waals surface area contributed by atoms with E-state index < -0.39 is 5.97 Å². The van der Waals surface area contributed by atoms with Crippen molar-refractivity contribution in [1.29, 1.82) is 0 Å². The Hall–Kier alpha value is -2.70. The topological polar surface area (TPSA) is 85.8 Å². The number of rotatable bonds is 4. The van der Waals surface area contributed by atoms with Gasteiger partial charge >= 0.3 is 5.97 Å². The van der Waals surface area contributed by atoms with Crippen LogP contribution in [0.25, 0.3) is 22.2 Å². The first-order chi connectivity index (χ1) is 10.0. The highest BCUT2D eigenvalue weighted by atomic mass is 16.4. The highest BCUT2D eigenvalue weighted by Crippen LogP contribution is 2.23. The molecule has 0 aliphatic rings. The molecule has 0 aliphatic carbocycles. The van der Waals surface area contributed by atoms with E-state index in [1.807, 2.05) is 26.2 Å². The Bertz CT molecular complexity index is 805. The number of pyridine rings is 1. The molecule has 0 saturated carbocycles. The number of aliphatic carboxylic acids is 1. The molecule has 3 aromatic rings. The Kier molecular flexibility index (Phi) is 3.17. The van der Waals surface area contributed by atoms with Crippen LogP contribution in [0.2, 0.25) is 0 Å². The summed E-state index contributed by atoms with van der Waals surface area (Å²) < 4.78 is 3.43. The van der Waals surface area contributed by atoms with Crippen molar-refractivity contribution in [3.05, 3.63) is 30.9 Å². The molecule has 0 spiro atoms. The van der Waals surface area contributed by atoms with Gasteiger partial charge in [0.25, 0.3) is 0 Å². The average molecular weight is 285 g/mol. The number of carbonyl (C=O) groups is 1. The van der Waals surface area contributed by atoms with Gasteiger partial charge in [0.1, 0.15) is 5.52 Å². The lowest BCUT2D eigenvalue weighted by atomic mass is 10.1. The zero-order valence-corrected chi connectivity index (χ0v) is 11.8. The fourth-order valence-corrected chi connectivity index (χ4v) is 2.26. The lowest BCUT2D eigenvalue weighted by Gasteiger charge is -2.08. The van der Waals surface area contributed by atoms with Crippen LogP contribution in [0.3, 0.4) is 0 Å². The Morgan fingerprint density at radius 2 is 2.10 bits per heavy atom. The van der Waals surface area contributed by atoms with Gasteiger partial charge in [0.2, 0.25) is 0 Å². The molecule has 0 saturated heterocycles. The molecule has 0 amide bonds. The van der Waals surface area contributed by atoms with Gasteiger partial charge in [0, 0.05) is 30.6 Å². The van der Waals surface area contributed by atoms with E-state index in [-0.39, 0.29) is 12.5 Å². The summed E-state index contributed by atoms with van der Waals surface area (Å²) in [5.74, 6) is -0.836. The molecule has 3 heterocycles. The van der Waals surface area contributed by atoms with Gasteiger partial charge in [-0.2, -0.15) is 10.2 Å². The number of carboxylic acids is 1. The normalized spacial score (nSPS) is 12.7. The van der Waals surface area contributed by atoms with Crippen LogP contribution in [0.4, 0.5) is 0 Å². The van der Waals surface area contributed by atoms with Gasteiger partial charge in [-0.1, -0.05) is 0 Å². The monoisotopic (exact) mass is 285 g/mol. The van der Waals surface area contributed by atoms with E-state index >= 15 is 0 Å². The second-order valence-electron chi connectivity index (χ2n) is 5.05. The van der Waals surface area contributed by atoms with Crippen molar-refractivity contribution >= 4 is 17.0 Å². The molecule has 1 N–H and O–H groups in total. The molecule has 0 aromatic carbocycles. The van der Waals surface area contributed by atoms with Gasteiger partial charge in [0.15, 0.2) is 0 Å². The molecule has 21 heavy (non-hydrogen) atoms. The predicted molar refractivity (Wildman–Crippen MR) is 76.7 cm³/mol. The summed E-state index contributed by atoms with van der Waals surface area (Å²) in [7, 11) is 1.87. The van der Waals surface area contributed by atoms with Crippen LogP contribution < -0.4 is 0 Å². The van der Waals surface area contributed by atoms with Crippen molar-refractivity contribution in [1.82, 2.24) is 24.5 Å². The van der Waals surface area contributed by atoms with Crippen LogP contribution in [0.15, 0.2) is 30.9 Å². The number of hydrogen-bond donors (Lipinski definition) is 1. The standard InChI is InChI=1S/C14H15N5O2/c1-9(3-14(20)21)19-8-11(6-17-19)10-4-13-12(15-5-10)7-16-18(13)2/h4-9H,3H2,1-2H3,(H,20,21). The van der Waals surface area contributed by atoms with Crippen molar-refractivity contribution in [3.63, 3.8) is 0 Å². The van der Waals surface area contributed by atoms with Gasteiger partial charge in [-0.3, -0.25) is 19.1 Å². The highest BCUT2D eigenvalue weighted by molar-refractivity contribution is 5.79. The van der Waals surface area contributed by atoms with Crippen molar-refractivity contribution < 1.29 is 9.90 Å². The maximum Gasteiger partial charge on any atom is 0.305 e. The smallest absolute Gasteiger partial charge is 0.305 e. The third kappa shape index (κ3) is 2.49. The first-order valence-electron chi connectivity index (χ1n) is 6.58. The molecule has 0 fully saturated rings. The molecule has 108 valence electrons. The SMILES string of the molecule is CC(CC(=O)O)n1cc(-c2cnc3cnn(C)c3c2)cn1. The van der Waals surface area contributed by atoms with Crippen LogP contribution in [0.5, 0.6) is 0 Å². The predicted octanol–water partition coefficient (Wildman–Crippen LogP) is 1.87. The summed E-state index contributed by atoms with van der Waals surface area (Å²) in [6.07, 6.45) is 7.09. The zero-order chi connectivity index (χ0) is 15.0. The van der Waals surface area contributed by atoms with E-state index in [2.05, 4.69) is 15.2 Å². The molecule has 0 bridgehead atoms. The van der Waals surface area contributed by atoms with Gasteiger partial charge < -0.3 is 5.11 Å². The fourth-order valence-electron chi connectivity index (χ4n) is 2.26. The average Bonchev–Trinajstić information content (AvgIpc) is 3.05. The summed E-state index contributed by atoms with van der Waals surface area (Å²) in [5.41, 5.74) is 3.62. The minimum atomic E-state index is -0.836. The number of hydrogen-bond acceptors (Lipinski definition) is 4. The summed E-state index contributed by atoms with van der Waals surface area (Å²) in [6, 6.07) is 1.81. The lowest BCUT2D eigenvalue weighted by molar-refractivity contribution is -0.137. The molecule has 1 atom stereocenters. The molecule has 7 nitrogen and oxygen atoms in total. The minimum absolute atomic E-state index is 0.0418. The second kappa shape index (κ2) is 5.01. The number of nitrogens with zero attached hydrogens (tertiary/aromatic N) is 5. The van der Waals surface area contributed by atoms with Crippen molar-refractivity contribution in [3.8, 4) is 11.1 Å². The van der Waals surface area contributed by atoms with Gasteiger partial charge in [-0.05, 0) is 13.0 Å². The van der Waals surface area contributed by atoms with E-state index in [0.717, 1.165) is 22.2 Å². The van der Waals surface area contributed by atoms with Crippen LogP contribution in [-0.2, 0) is 11.8 Å². The van der Waals surface area contributed by atoms with E-state index in [1.165, 1.54) is 0 Å². The number of fused-ring (bicyclic) bond motifs is 1. The molecule has 3 aromatic heterocycles. The summed E-state index contributed by atoms with van der Waals surface area (Å²) in [5, 5.41) is 17.2. The first kappa shape index (κ1) is 13.3. The highest BCUT2D eigenvalue weighted by Gasteiger charge is 2.12.